The zero-order valence-electron chi connectivity index (χ0n) is 11.9. The Labute approximate surface area is 127 Å². The first-order chi connectivity index (χ1) is 9.93. The van der Waals surface area contributed by atoms with E-state index in [1.165, 1.54) is 22.2 Å². The molecule has 0 aromatic carbocycles. The van der Waals surface area contributed by atoms with Crippen molar-refractivity contribution in [3.8, 4) is 0 Å². The van der Waals surface area contributed by atoms with Crippen LogP contribution in [-0.2, 0) is 4.79 Å². The van der Waals surface area contributed by atoms with Crippen LogP contribution in [0.2, 0.25) is 5.02 Å². The fourth-order valence-corrected chi connectivity index (χ4v) is 2.46. The number of carbonyl (C=O) groups excluding carboxylic acids is 1. The summed E-state index contributed by atoms with van der Waals surface area (Å²) in [5.74, 6) is -0.605. The Hall–Kier alpha value is -1.89. The average molecular weight is 313 g/mol. The minimum Gasteiger partial charge on any atom is -0.480 e. The van der Waals surface area contributed by atoms with Gasteiger partial charge in [0.1, 0.15) is 6.54 Å². The van der Waals surface area contributed by atoms with Gasteiger partial charge in [-0.3, -0.25) is 9.69 Å². The van der Waals surface area contributed by atoms with Crippen molar-refractivity contribution in [2.45, 2.75) is 26.3 Å². The third kappa shape index (κ3) is 3.24. The Bertz CT molecular complexity index is 537. The van der Waals surface area contributed by atoms with Gasteiger partial charge in [0.15, 0.2) is 0 Å². The molecule has 1 fully saturated rings. The van der Waals surface area contributed by atoms with Crippen LogP contribution in [-0.4, -0.2) is 51.1 Å². The SMILES string of the molecule is CC[C@H](C)[C@H]1CN(c2ncc(Cl)cn2)C(=O)N1CC(=O)O. The number of aliphatic carboxylic acids is 1. The van der Waals surface area contributed by atoms with E-state index in [1.807, 2.05) is 13.8 Å². The van der Waals surface area contributed by atoms with Crippen molar-refractivity contribution in [1.29, 1.82) is 0 Å². The molecule has 0 spiro atoms. The number of rotatable bonds is 5. The Kier molecular flexibility index (Phi) is 4.62. The lowest BCUT2D eigenvalue weighted by Crippen LogP contribution is -2.41. The van der Waals surface area contributed by atoms with E-state index in [4.69, 9.17) is 16.7 Å². The van der Waals surface area contributed by atoms with Crippen LogP contribution in [0.4, 0.5) is 10.7 Å². The fourth-order valence-electron chi connectivity index (χ4n) is 2.36. The number of nitrogens with zero attached hydrogens (tertiary/aromatic N) is 4. The Morgan fingerprint density at radius 2 is 2.14 bits per heavy atom. The Morgan fingerprint density at radius 1 is 1.52 bits per heavy atom. The highest BCUT2D eigenvalue weighted by Gasteiger charge is 2.42. The molecule has 1 aromatic rings. The second kappa shape index (κ2) is 6.26. The molecule has 1 aromatic heterocycles. The van der Waals surface area contributed by atoms with Crippen LogP contribution in [0.3, 0.4) is 0 Å². The van der Waals surface area contributed by atoms with Gasteiger partial charge in [-0.2, -0.15) is 0 Å². The first kappa shape index (κ1) is 15.5. The van der Waals surface area contributed by atoms with Gasteiger partial charge >= 0.3 is 12.0 Å². The topological polar surface area (TPSA) is 86.6 Å². The van der Waals surface area contributed by atoms with E-state index in [1.54, 1.807) is 0 Å². The number of carboxylic acid groups (broad SMARTS) is 1. The molecule has 0 saturated carbocycles. The van der Waals surface area contributed by atoms with Gasteiger partial charge in [-0.05, 0) is 5.92 Å². The summed E-state index contributed by atoms with van der Waals surface area (Å²) < 4.78 is 0. The van der Waals surface area contributed by atoms with Gasteiger partial charge in [0, 0.05) is 0 Å². The van der Waals surface area contributed by atoms with Crippen molar-refractivity contribution in [3.05, 3.63) is 17.4 Å². The summed E-state index contributed by atoms with van der Waals surface area (Å²) in [4.78, 5) is 34.2. The third-order valence-electron chi connectivity index (χ3n) is 3.70. The van der Waals surface area contributed by atoms with Gasteiger partial charge in [-0.1, -0.05) is 31.9 Å². The van der Waals surface area contributed by atoms with Crippen molar-refractivity contribution in [2.24, 2.45) is 5.92 Å². The standard InChI is InChI=1S/C13H17ClN4O3/c1-3-8(2)10-6-18(12-15-4-9(14)5-16-12)13(21)17(10)7-11(19)20/h4-5,8,10H,3,6-7H2,1-2H3,(H,19,20)/t8-,10+/m0/s1. The minimum atomic E-state index is -1.03. The lowest BCUT2D eigenvalue weighted by atomic mass is 9.99. The molecule has 2 rings (SSSR count). The molecule has 0 bridgehead atoms. The lowest BCUT2D eigenvalue weighted by Gasteiger charge is -2.25. The number of carboxylic acids is 1. The van der Waals surface area contributed by atoms with Crippen LogP contribution < -0.4 is 4.90 Å². The average Bonchev–Trinajstić information content (AvgIpc) is 2.76. The number of aromatic nitrogens is 2. The number of hydrogen-bond donors (Lipinski definition) is 1. The smallest absolute Gasteiger partial charge is 0.327 e. The Morgan fingerprint density at radius 3 is 2.67 bits per heavy atom. The summed E-state index contributed by atoms with van der Waals surface area (Å²) >= 11 is 5.74. The van der Waals surface area contributed by atoms with Crippen LogP contribution in [0.1, 0.15) is 20.3 Å². The van der Waals surface area contributed by atoms with Crippen molar-refractivity contribution < 1.29 is 14.7 Å². The lowest BCUT2D eigenvalue weighted by molar-refractivity contribution is -0.138. The van der Waals surface area contributed by atoms with Gasteiger partial charge < -0.3 is 10.0 Å². The van der Waals surface area contributed by atoms with Crippen LogP contribution in [0.5, 0.6) is 0 Å². The predicted octanol–water partition coefficient (Wildman–Crippen LogP) is 1.87. The highest BCUT2D eigenvalue weighted by molar-refractivity contribution is 6.30. The van der Waals surface area contributed by atoms with E-state index >= 15 is 0 Å². The Balaban J connectivity index is 2.27. The molecule has 7 nitrogen and oxygen atoms in total. The molecular weight excluding hydrogens is 296 g/mol. The van der Waals surface area contributed by atoms with Crippen LogP contribution in [0.15, 0.2) is 12.4 Å². The van der Waals surface area contributed by atoms with E-state index in [2.05, 4.69) is 9.97 Å². The van der Waals surface area contributed by atoms with Gasteiger partial charge in [0.2, 0.25) is 5.95 Å². The first-order valence-corrected chi connectivity index (χ1v) is 7.09. The molecule has 1 saturated heterocycles. The minimum absolute atomic E-state index is 0.169. The molecule has 0 unspecified atom stereocenters. The molecule has 21 heavy (non-hydrogen) atoms. The van der Waals surface area contributed by atoms with Gasteiger partial charge in [-0.25, -0.2) is 14.8 Å². The van der Waals surface area contributed by atoms with Gasteiger partial charge in [0.25, 0.3) is 0 Å². The van der Waals surface area contributed by atoms with Crippen molar-refractivity contribution in [3.63, 3.8) is 0 Å². The zero-order valence-corrected chi connectivity index (χ0v) is 12.6. The van der Waals surface area contributed by atoms with Gasteiger partial charge in [0.05, 0.1) is 30.0 Å². The van der Waals surface area contributed by atoms with Crippen molar-refractivity contribution in [2.75, 3.05) is 18.0 Å². The van der Waals surface area contributed by atoms with E-state index in [9.17, 15) is 9.59 Å². The summed E-state index contributed by atoms with van der Waals surface area (Å²) in [7, 11) is 0. The van der Waals surface area contributed by atoms with Crippen LogP contribution in [0, 0.1) is 5.92 Å². The van der Waals surface area contributed by atoms with Crippen molar-refractivity contribution >= 4 is 29.5 Å². The summed E-state index contributed by atoms with van der Waals surface area (Å²) in [6.07, 6.45) is 3.67. The first-order valence-electron chi connectivity index (χ1n) is 6.71. The summed E-state index contributed by atoms with van der Waals surface area (Å²) in [5.41, 5.74) is 0. The molecule has 2 amide bonds. The molecule has 0 radical (unpaired) electrons. The third-order valence-corrected chi connectivity index (χ3v) is 3.90. The summed E-state index contributed by atoms with van der Waals surface area (Å²) in [5, 5.41) is 9.38. The molecule has 2 atom stereocenters. The second-order valence-electron chi connectivity index (χ2n) is 5.07. The summed E-state index contributed by atoms with van der Waals surface area (Å²) in [6.45, 7) is 4.06. The maximum absolute atomic E-state index is 12.4. The fraction of sp³-hybridized carbons (Fsp3) is 0.538. The number of halogens is 1. The zero-order chi connectivity index (χ0) is 15.6. The highest BCUT2D eigenvalue weighted by Crippen LogP contribution is 2.26. The number of anilines is 1. The number of hydrogen-bond acceptors (Lipinski definition) is 4. The van der Waals surface area contributed by atoms with Crippen LogP contribution >= 0.6 is 11.6 Å². The normalized spacial score (nSPS) is 20.0. The molecule has 1 aliphatic rings. The highest BCUT2D eigenvalue weighted by atomic mass is 35.5. The van der Waals surface area contributed by atoms with Crippen molar-refractivity contribution in [1.82, 2.24) is 14.9 Å². The molecule has 8 heteroatoms. The van der Waals surface area contributed by atoms with E-state index in [-0.39, 0.29) is 30.5 Å². The monoisotopic (exact) mass is 312 g/mol. The van der Waals surface area contributed by atoms with Gasteiger partial charge in [-0.15, -0.1) is 0 Å². The number of urea groups is 1. The number of amides is 2. The largest absolute Gasteiger partial charge is 0.480 e. The van der Waals surface area contributed by atoms with E-state index in [0.29, 0.717) is 11.6 Å². The van der Waals surface area contributed by atoms with E-state index in [0.717, 1.165) is 6.42 Å². The molecule has 2 heterocycles. The molecule has 1 N–H and O–H groups in total. The molecule has 114 valence electrons. The second-order valence-corrected chi connectivity index (χ2v) is 5.51. The molecule has 1 aliphatic heterocycles. The molecule has 0 aliphatic carbocycles. The number of carbonyl (C=O) groups is 2. The summed E-state index contributed by atoms with van der Waals surface area (Å²) in [6, 6.07) is -0.553. The maximum Gasteiger partial charge on any atom is 0.327 e. The van der Waals surface area contributed by atoms with E-state index < -0.39 is 5.97 Å². The van der Waals surface area contributed by atoms with Crippen LogP contribution in [0.25, 0.3) is 0 Å². The quantitative estimate of drug-likeness (QED) is 0.897. The predicted molar refractivity (Wildman–Crippen MR) is 77.4 cm³/mol. The maximum atomic E-state index is 12.4. The molecular formula is C13H17ClN4O3.